The third-order valence-electron chi connectivity index (χ3n) is 3.91. The molecule has 23 heavy (non-hydrogen) atoms. The van der Waals surface area contributed by atoms with Crippen LogP contribution in [-0.4, -0.2) is 33.8 Å². The van der Waals surface area contributed by atoms with Crippen LogP contribution in [0.5, 0.6) is 0 Å². The van der Waals surface area contributed by atoms with Crippen LogP contribution in [0.2, 0.25) is 0 Å². The number of hydrogen-bond acceptors (Lipinski definition) is 4. The molecular weight excluding hydrogens is 331 g/mol. The number of alkyl halides is 3. The molecule has 8 heteroatoms. The predicted octanol–water partition coefficient (Wildman–Crippen LogP) is 3.36. The molecule has 1 N–H and O–H groups in total. The van der Waals surface area contributed by atoms with Crippen LogP contribution in [0.4, 0.5) is 18.9 Å². The molecule has 0 bridgehead atoms. The average molecular weight is 347 g/mol. The Morgan fingerprint density at radius 2 is 1.91 bits per heavy atom. The molecule has 1 aromatic rings. The van der Waals surface area contributed by atoms with E-state index in [1.807, 2.05) is 0 Å². The van der Waals surface area contributed by atoms with Gasteiger partial charge in [-0.05, 0) is 30.0 Å². The summed E-state index contributed by atoms with van der Waals surface area (Å²) in [5.41, 5.74) is 0.297. The SMILES string of the molecule is O=S1(=O)C=C(CC(F)(F)F)c2cccc(NC3CCOCC3)c21. The van der Waals surface area contributed by atoms with E-state index in [0.29, 0.717) is 18.9 Å². The van der Waals surface area contributed by atoms with Gasteiger partial charge in [0, 0.05) is 24.7 Å². The fourth-order valence-corrected chi connectivity index (χ4v) is 4.58. The lowest BCUT2D eigenvalue weighted by molar-refractivity contribution is -0.122. The molecule has 0 spiro atoms. The van der Waals surface area contributed by atoms with Crippen LogP contribution in [0.15, 0.2) is 28.5 Å². The van der Waals surface area contributed by atoms with Crippen molar-refractivity contribution in [2.45, 2.75) is 36.4 Å². The second kappa shape index (κ2) is 5.83. The first-order valence-corrected chi connectivity index (χ1v) is 8.81. The van der Waals surface area contributed by atoms with E-state index in [-0.39, 0.29) is 22.1 Å². The van der Waals surface area contributed by atoms with E-state index in [9.17, 15) is 21.6 Å². The van der Waals surface area contributed by atoms with Gasteiger partial charge in [0.1, 0.15) is 4.90 Å². The monoisotopic (exact) mass is 347 g/mol. The van der Waals surface area contributed by atoms with Gasteiger partial charge in [0.05, 0.1) is 12.1 Å². The summed E-state index contributed by atoms with van der Waals surface area (Å²) in [5.74, 6) is 0. The number of allylic oxidation sites excluding steroid dienone is 1. The van der Waals surface area contributed by atoms with Crippen LogP contribution >= 0.6 is 0 Å². The third kappa shape index (κ3) is 3.53. The summed E-state index contributed by atoms with van der Waals surface area (Å²) in [4.78, 5) is -0.0502. The average Bonchev–Trinajstić information content (AvgIpc) is 2.70. The number of sulfone groups is 1. The molecule has 2 aliphatic rings. The van der Waals surface area contributed by atoms with E-state index in [2.05, 4.69) is 5.32 Å². The molecule has 126 valence electrons. The van der Waals surface area contributed by atoms with Crippen molar-refractivity contribution in [2.75, 3.05) is 18.5 Å². The Balaban J connectivity index is 1.95. The van der Waals surface area contributed by atoms with Crippen LogP contribution in [0, 0.1) is 0 Å². The van der Waals surface area contributed by atoms with Crippen LogP contribution in [0.25, 0.3) is 5.57 Å². The summed E-state index contributed by atoms with van der Waals surface area (Å²) in [7, 11) is -3.86. The maximum absolute atomic E-state index is 12.7. The lowest BCUT2D eigenvalue weighted by atomic mass is 10.0. The maximum atomic E-state index is 12.7. The lowest BCUT2D eigenvalue weighted by Gasteiger charge is -2.25. The number of hydrogen-bond donors (Lipinski definition) is 1. The van der Waals surface area contributed by atoms with Crippen molar-refractivity contribution in [1.82, 2.24) is 0 Å². The maximum Gasteiger partial charge on any atom is 0.393 e. The molecule has 2 aliphatic heterocycles. The molecule has 0 aromatic heterocycles. The highest BCUT2D eigenvalue weighted by Gasteiger charge is 2.37. The number of anilines is 1. The molecule has 0 unspecified atom stereocenters. The number of halogens is 3. The molecule has 0 aliphatic carbocycles. The predicted molar refractivity (Wildman–Crippen MR) is 79.7 cm³/mol. The third-order valence-corrected chi connectivity index (χ3v) is 5.52. The molecule has 0 saturated carbocycles. The van der Waals surface area contributed by atoms with Gasteiger partial charge in [-0.2, -0.15) is 13.2 Å². The zero-order chi connectivity index (χ0) is 16.7. The quantitative estimate of drug-likeness (QED) is 0.911. The van der Waals surface area contributed by atoms with Gasteiger partial charge < -0.3 is 10.1 Å². The van der Waals surface area contributed by atoms with Crippen molar-refractivity contribution in [3.8, 4) is 0 Å². The largest absolute Gasteiger partial charge is 0.393 e. The number of benzene rings is 1. The summed E-state index contributed by atoms with van der Waals surface area (Å²) in [6, 6.07) is 4.64. The van der Waals surface area contributed by atoms with Crippen molar-refractivity contribution in [3.05, 3.63) is 29.2 Å². The van der Waals surface area contributed by atoms with Gasteiger partial charge in [-0.1, -0.05) is 12.1 Å². The zero-order valence-electron chi connectivity index (χ0n) is 12.2. The van der Waals surface area contributed by atoms with E-state index in [1.165, 1.54) is 6.07 Å². The summed E-state index contributed by atoms with van der Waals surface area (Å²) >= 11 is 0. The normalized spacial score (nSPS) is 20.9. The fourth-order valence-electron chi connectivity index (χ4n) is 2.93. The first-order chi connectivity index (χ1) is 10.8. The smallest absolute Gasteiger partial charge is 0.381 e. The Bertz CT molecular complexity index is 735. The molecule has 0 radical (unpaired) electrons. The summed E-state index contributed by atoms with van der Waals surface area (Å²) < 4.78 is 67.8. The highest BCUT2D eigenvalue weighted by atomic mass is 32.2. The summed E-state index contributed by atoms with van der Waals surface area (Å²) in [6.45, 7) is 1.16. The Labute approximate surface area is 132 Å². The Morgan fingerprint density at radius 1 is 1.22 bits per heavy atom. The number of ether oxygens (including phenoxy) is 1. The van der Waals surface area contributed by atoms with E-state index in [4.69, 9.17) is 4.74 Å². The fraction of sp³-hybridized carbons (Fsp3) is 0.467. The van der Waals surface area contributed by atoms with Gasteiger partial charge >= 0.3 is 6.18 Å². The number of rotatable bonds is 3. The second-order valence-electron chi connectivity index (χ2n) is 5.69. The van der Waals surface area contributed by atoms with Gasteiger partial charge in [0.25, 0.3) is 0 Å². The highest BCUT2D eigenvalue weighted by molar-refractivity contribution is 7.95. The molecular formula is C15H16F3NO3S. The summed E-state index contributed by atoms with van der Waals surface area (Å²) in [6.07, 6.45) is -4.24. The van der Waals surface area contributed by atoms with E-state index in [1.54, 1.807) is 12.1 Å². The minimum Gasteiger partial charge on any atom is -0.381 e. The Kier molecular flexibility index (Phi) is 4.14. The highest BCUT2D eigenvalue weighted by Crippen LogP contribution is 2.43. The van der Waals surface area contributed by atoms with Gasteiger partial charge in [-0.25, -0.2) is 8.42 Å². The molecule has 1 aromatic carbocycles. The lowest BCUT2D eigenvalue weighted by Crippen LogP contribution is -2.28. The van der Waals surface area contributed by atoms with Gasteiger partial charge in [-0.3, -0.25) is 0 Å². The van der Waals surface area contributed by atoms with Crippen molar-refractivity contribution < 1.29 is 26.3 Å². The minimum atomic E-state index is -4.45. The van der Waals surface area contributed by atoms with Gasteiger partial charge in [-0.15, -0.1) is 0 Å². The van der Waals surface area contributed by atoms with Crippen molar-refractivity contribution >= 4 is 21.1 Å². The van der Waals surface area contributed by atoms with Gasteiger partial charge in [0.15, 0.2) is 0 Å². The second-order valence-corrected chi connectivity index (χ2v) is 7.43. The molecule has 1 fully saturated rings. The molecule has 0 atom stereocenters. The molecule has 2 heterocycles. The van der Waals surface area contributed by atoms with E-state index < -0.39 is 22.4 Å². The standard InChI is InChI=1S/C15H16F3NO3S/c16-15(17,18)8-10-9-23(20,21)14-12(10)2-1-3-13(14)19-11-4-6-22-7-5-11/h1-3,9,11,19H,4-8H2. The zero-order valence-corrected chi connectivity index (χ0v) is 13.0. The molecule has 3 rings (SSSR count). The van der Waals surface area contributed by atoms with Crippen LogP contribution in [0.3, 0.4) is 0 Å². The molecule has 0 amide bonds. The first kappa shape index (κ1) is 16.3. The van der Waals surface area contributed by atoms with Crippen LogP contribution in [-0.2, 0) is 14.6 Å². The van der Waals surface area contributed by atoms with Crippen LogP contribution < -0.4 is 5.32 Å². The minimum absolute atomic E-state index is 0.0502. The Hall–Kier alpha value is -1.54. The van der Waals surface area contributed by atoms with Crippen molar-refractivity contribution in [3.63, 3.8) is 0 Å². The first-order valence-electron chi connectivity index (χ1n) is 7.26. The van der Waals surface area contributed by atoms with Gasteiger partial charge in [0.2, 0.25) is 9.84 Å². The van der Waals surface area contributed by atoms with Crippen molar-refractivity contribution in [2.24, 2.45) is 0 Å². The molecule has 4 nitrogen and oxygen atoms in total. The van der Waals surface area contributed by atoms with E-state index in [0.717, 1.165) is 18.2 Å². The van der Waals surface area contributed by atoms with Crippen molar-refractivity contribution in [1.29, 1.82) is 0 Å². The molecule has 1 saturated heterocycles. The topological polar surface area (TPSA) is 55.4 Å². The van der Waals surface area contributed by atoms with Crippen LogP contribution in [0.1, 0.15) is 24.8 Å². The number of fused-ring (bicyclic) bond motifs is 1. The van der Waals surface area contributed by atoms with E-state index >= 15 is 0 Å². The number of nitrogens with one attached hydrogen (secondary N) is 1. The Morgan fingerprint density at radius 3 is 2.57 bits per heavy atom. The summed E-state index contributed by atoms with van der Waals surface area (Å²) in [5, 5.41) is 3.88.